The van der Waals surface area contributed by atoms with E-state index in [1.54, 1.807) is 24.3 Å². The van der Waals surface area contributed by atoms with Gasteiger partial charge in [0.25, 0.3) is 17.7 Å². The molecule has 2 atom stereocenters. The summed E-state index contributed by atoms with van der Waals surface area (Å²) in [6.45, 7) is 1.87. The molecule has 1 heterocycles. The van der Waals surface area contributed by atoms with Crippen molar-refractivity contribution in [1.29, 1.82) is 0 Å². The molecule has 1 aromatic rings. The average molecular weight is 475 g/mol. The number of hydroxylamine groups is 1. The van der Waals surface area contributed by atoms with Gasteiger partial charge in [-0.1, -0.05) is 0 Å². The Morgan fingerprint density at radius 1 is 1.19 bits per heavy atom. The maximum Gasteiger partial charge on any atom is 0.278 e. The molecule has 8 nitrogen and oxygen atoms in total. The van der Waals surface area contributed by atoms with Crippen molar-refractivity contribution in [2.45, 2.75) is 38.0 Å². The highest BCUT2D eigenvalue weighted by Gasteiger charge is 2.43. The van der Waals surface area contributed by atoms with Crippen LogP contribution >= 0.6 is 22.6 Å². The van der Waals surface area contributed by atoms with Crippen LogP contribution in [0.15, 0.2) is 24.3 Å². The fraction of sp³-hybridized carbons (Fsp3) is 0.471. The van der Waals surface area contributed by atoms with E-state index in [1.807, 2.05) is 0 Å². The van der Waals surface area contributed by atoms with Gasteiger partial charge in [0, 0.05) is 29.2 Å². The summed E-state index contributed by atoms with van der Waals surface area (Å²) in [4.78, 5) is 42.5. The summed E-state index contributed by atoms with van der Waals surface area (Å²) >= 11 is 2.12. The normalized spacial score (nSPS) is 19.1. The minimum Gasteiger partial charge on any atom is -0.357 e. The lowest BCUT2D eigenvalue weighted by atomic mass is 9.99. The van der Waals surface area contributed by atoms with Gasteiger partial charge in [-0.05, 0) is 66.6 Å². The molecule has 1 saturated heterocycles. The van der Waals surface area contributed by atoms with Crippen molar-refractivity contribution in [2.75, 3.05) is 13.7 Å². The van der Waals surface area contributed by atoms with E-state index in [1.165, 1.54) is 14.0 Å². The summed E-state index contributed by atoms with van der Waals surface area (Å²) < 4.78 is 6.33. The van der Waals surface area contributed by atoms with Gasteiger partial charge in [-0.25, -0.2) is 10.3 Å². The summed E-state index contributed by atoms with van der Waals surface area (Å²) in [7, 11) is 1.38. The fourth-order valence-corrected chi connectivity index (χ4v) is 2.75. The molecule has 1 aliphatic rings. The monoisotopic (exact) mass is 475 g/mol. The van der Waals surface area contributed by atoms with E-state index in [9.17, 15) is 14.4 Å². The summed E-state index contributed by atoms with van der Waals surface area (Å²) in [6.07, 6.45) is 1.95. The van der Waals surface area contributed by atoms with Gasteiger partial charge in [0.2, 0.25) is 0 Å². The molecule has 142 valence electrons. The quantitative estimate of drug-likeness (QED) is 0.325. The molecule has 1 unspecified atom stereocenters. The minimum absolute atomic E-state index is 0.338. The second kappa shape index (κ2) is 9.28. The van der Waals surface area contributed by atoms with Gasteiger partial charge >= 0.3 is 0 Å². The van der Waals surface area contributed by atoms with Crippen molar-refractivity contribution in [3.8, 4) is 0 Å². The molecule has 0 spiro atoms. The Labute approximate surface area is 165 Å². The van der Waals surface area contributed by atoms with Crippen LogP contribution in [0.3, 0.4) is 0 Å². The summed E-state index contributed by atoms with van der Waals surface area (Å²) in [5, 5.41) is 4.87. The third-order valence-electron chi connectivity index (χ3n) is 4.03. The number of ether oxygens (including phenoxy) is 1. The second-order valence-electron chi connectivity index (χ2n) is 6.01. The predicted molar refractivity (Wildman–Crippen MR) is 102 cm³/mol. The van der Waals surface area contributed by atoms with Gasteiger partial charge < -0.3 is 15.4 Å². The molecule has 0 radical (unpaired) electrons. The Morgan fingerprint density at radius 3 is 2.46 bits per heavy atom. The van der Waals surface area contributed by atoms with Crippen LogP contribution in [0.4, 0.5) is 0 Å². The third-order valence-corrected chi connectivity index (χ3v) is 4.75. The summed E-state index contributed by atoms with van der Waals surface area (Å²) in [5.41, 5.74) is 0.728. The molecular formula is C17H22IN3O5. The molecule has 9 heteroatoms. The fourth-order valence-electron chi connectivity index (χ4n) is 2.39. The summed E-state index contributed by atoms with van der Waals surface area (Å²) in [6, 6.07) is 6.75. The van der Waals surface area contributed by atoms with E-state index in [0.717, 1.165) is 16.4 Å². The number of hydrogen-bond acceptors (Lipinski definition) is 5. The first kappa shape index (κ1) is 20.6. The maximum absolute atomic E-state index is 12.6. The number of halogens is 1. The molecule has 0 bridgehead atoms. The van der Waals surface area contributed by atoms with Crippen LogP contribution in [0, 0.1) is 3.57 Å². The van der Waals surface area contributed by atoms with Crippen LogP contribution in [-0.4, -0.2) is 43.2 Å². The van der Waals surface area contributed by atoms with E-state index < -0.39 is 29.6 Å². The molecule has 2 rings (SSSR count). The highest BCUT2D eigenvalue weighted by molar-refractivity contribution is 14.1. The number of amides is 3. The molecular weight excluding hydrogens is 453 g/mol. The van der Waals surface area contributed by atoms with Crippen molar-refractivity contribution >= 4 is 40.3 Å². The predicted octanol–water partition coefficient (Wildman–Crippen LogP) is 1.10. The average Bonchev–Trinajstić information content (AvgIpc) is 2.66. The number of benzene rings is 1. The number of carbonyl (C=O) groups is 3. The zero-order valence-corrected chi connectivity index (χ0v) is 16.8. The van der Waals surface area contributed by atoms with Crippen molar-refractivity contribution in [3.63, 3.8) is 0 Å². The van der Waals surface area contributed by atoms with Gasteiger partial charge in [0.05, 0.1) is 0 Å². The van der Waals surface area contributed by atoms with E-state index in [4.69, 9.17) is 9.57 Å². The number of hydrogen-bond donors (Lipinski definition) is 3. The summed E-state index contributed by atoms with van der Waals surface area (Å²) in [5.74, 6) is -2.00. The minimum atomic E-state index is -1.84. The van der Waals surface area contributed by atoms with Gasteiger partial charge in [-0.15, -0.1) is 0 Å². The Kier molecular flexibility index (Phi) is 7.35. The molecule has 26 heavy (non-hydrogen) atoms. The zero-order chi connectivity index (χ0) is 19.2. The molecule has 3 amide bonds. The third kappa shape index (κ3) is 5.15. The van der Waals surface area contributed by atoms with Crippen molar-refractivity contribution < 1.29 is 24.0 Å². The maximum atomic E-state index is 12.6. The van der Waals surface area contributed by atoms with Crippen molar-refractivity contribution in [2.24, 2.45) is 0 Å². The molecule has 0 saturated carbocycles. The zero-order valence-electron chi connectivity index (χ0n) is 14.6. The van der Waals surface area contributed by atoms with Gasteiger partial charge in [0.1, 0.15) is 0 Å². The Hall–Kier alpha value is -1.72. The SMILES string of the molecule is CNC(=O)[C@](C)(NC(=O)c1ccc(I)cc1)C(=O)NOC1CCCCO1. The molecule has 0 aromatic heterocycles. The highest BCUT2D eigenvalue weighted by Crippen LogP contribution is 2.14. The van der Waals surface area contributed by atoms with Crippen LogP contribution in [0.2, 0.25) is 0 Å². The van der Waals surface area contributed by atoms with Crippen LogP contribution in [0.5, 0.6) is 0 Å². The molecule has 3 N–H and O–H groups in total. The number of nitrogens with one attached hydrogen (secondary N) is 3. The van der Waals surface area contributed by atoms with Crippen LogP contribution in [0.25, 0.3) is 0 Å². The standard InChI is InChI=1S/C17H22IN3O5/c1-17(15(23)19-2,16(24)21-26-13-5-3-4-10-25-13)20-14(22)11-6-8-12(18)9-7-11/h6-9,13H,3-5,10H2,1-2H3,(H,19,23)(H,20,22)(H,21,24)/t13?,17-/m0/s1. The lowest BCUT2D eigenvalue weighted by Crippen LogP contribution is -2.64. The van der Waals surface area contributed by atoms with Crippen molar-refractivity contribution in [3.05, 3.63) is 33.4 Å². The van der Waals surface area contributed by atoms with E-state index >= 15 is 0 Å². The first-order valence-electron chi connectivity index (χ1n) is 8.25. The lowest BCUT2D eigenvalue weighted by Gasteiger charge is -2.29. The van der Waals surface area contributed by atoms with Crippen LogP contribution in [-0.2, 0) is 19.2 Å². The van der Waals surface area contributed by atoms with Crippen LogP contribution in [0.1, 0.15) is 36.5 Å². The topological polar surface area (TPSA) is 106 Å². The second-order valence-corrected chi connectivity index (χ2v) is 7.26. The highest BCUT2D eigenvalue weighted by atomic mass is 127. The lowest BCUT2D eigenvalue weighted by molar-refractivity contribution is -0.203. The van der Waals surface area contributed by atoms with E-state index in [0.29, 0.717) is 18.6 Å². The van der Waals surface area contributed by atoms with E-state index in [2.05, 4.69) is 38.7 Å². The molecule has 1 fully saturated rings. The van der Waals surface area contributed by atoms with Crippen LogP contribution < -0.4 is 16.1 Å². The largest absolute Gasteiger partial charge is 0.357 e. The van der Waals surface area contributed by atoms with Gasteiger partial charge in [0.15, 0.2) is 11.8 Å². The first-order chi connectivity index (χ1) is 12.4. The Bertz CT molecular complexity index is 661. The number of carbonyl (C=O) groups excluding carboxylic acids is 3. The molecule has 1 aromatic carbocycles. The van der Waals surface area contributed by atoms with Gasteiger partial charge in [-0.3, -0.25) is 14.4 Å². The molecule has 1 aliphatic heterocycles. The number of likely N-dealkylation sites (N-methyl/N-ethyl adjacent to an activating group) is 1. The first-order valence-corrected chi connectivity index (χ1v) is 9.32. The Morgan fingerprint density at radius 2 is 1.88 bits per heavy atom. The van der Waals surface area contributed by atoms with E-state index in [-0.39, 0.29) is 0 Å². The Balaban J connectivity index is 2.07. The van der Waals surface area contributed by atoms with Crippen molar-refractivity contribution in [1.82, 2.24) is 16.1 Å². The molecule has 0 aliphatic carbocycles. The smallest absolute Gasteiger partial charge is 0.278 e. The number of rotatable bonds is 6. The van der Waals surface area contributed by atoms with Gasteiger partial charge in [-0.2, -0.15) is 0 Å².